The van der Waals surface area contributed by atoms with Crippen LogP contribution in [0.15, 0.2) is 47.3 Å². The maximum atomic E-state index is 12.5. The van der Waals surface area contributed by atoms with E-state index in [2.05, 4.69) is 10.4 Å². The maximum absolute atomic E-state index is 12.5. The van der Waals surface area contributed by atoms with Gasteiger partial charge in [0.05, 0.1) is 17.9 Å². The molecule has 10 heteroatoms. The molecule has 0 bridgehead atoms. The van der Waals surface area contributed by atoms with Gasteiger partial charge in [-0.3, -0.25) is 9.59 Å². The average Bonchev–Trinajstić information content (AvgIpc) is 3.21. The topological polar surface area (TPSA) is 117 Å². The number of thiophene rings is 1. The van der Waals surface area contributed by atoms with Crippen LogP contribution in [0.25, 0.3) is 5.69 Å². The summed E-state index contributed by atoms with van der Waals surface area (Å²) in [6.07, 6.45) is 0.675. The van der Waals surface area contributed by atoms with Gasteiger partial charge in [-0.15, -0.1) is 11.3 Å². The number of benzene rings is 1. The third-order valence-corrected chi connectivity index (χ3v) is 5.71. The van der Waals surface area contributed by atoms with Crippen molar-refractivity contribution in [2.45, 2.75) is 27.2 Å². The van der Waals surface area contributed by atoms with Gasteiger partial charge >= 0.3 is 11.9 Å². The van der Waals surface area contributed by atoms with Gasteiger partial charge in [0, 0.05) is 16.6 Å². The minimum Gasteiger partial charge on any atom is -0.462 e. The molecule has 1 N–H and O–H groups in total. The lowest BCUT2D eigenvalue weighted by atomic mass is 10.2. The minimum absolute atomic E-state index is 0.200. The molecule has 0 aliphatic rings. The van der Waals surface area contributed by atoms with Crippen molar-refractivity contribution in [3.05, 3.63) is 74.5 Å². The van der Waals surface area contributed by atoms with Gasteiger partial charge in [0.2, 0.25) is 11.1 Å². The Morgan fingerprint density at radius 2 is 1.79 bits per heavy atom. The summed E-state index contributed by atoms with van der Waals surface area (Å²) in [6, 6.07) is 11.9. The number of aromatic nitrogens is 2. The Morgan fingerprint density at radius 3 is 2.45 bits per heavy atom. The van der Waals surface area contributed by atoms with Gasteiger partial charge in [-0.2, -0.15) is 5.10 Å². The maximum Gasteiger partial charge on any atom is 0.363 e. The molecule has 0 fully saturated rings. The molecular weight excluding hydrogens is 446 g/mol. The van der Waals surface area contributed by atoms with Gasteiger partial charge in [0.15, 0.2) is 6.61 Å². The number of aryl methyl sites for hydroxylation is 2. The van der Waals surface area contributed by atoms with Gasteiger partial charge in [0.1, 0.15) is 5.00 Å². The monoisotopic (exact) mass is 469 g/mol. The summed E-state index contributed by atoms with van der Waals surface area (Å²) in [7, 11) is 0. The summed E-state index contributed by atoms with van der Waals surface area (Å²) in [5.41, 5.74) is 0.396. The SMILES string of the molecule is CCOC(=O)c1cc(CC)sc1NC(=O)COC(=O)c1nn(-c2ccccc2)c(C)cc1=O. The van der Waals surface area contributed by atoms with E-state index in [1.165, 1.54) is 22.1 Å². The lowest BCUT2D eigenvalue weighted by Gasteiger charge is -2.11. The van der Waals surface area contributed by atoms with Crippen molar-refractivity contribution in [2.24, 2.45) is 0 Å². The van der Waals surface area contributed by atoms with E-state index >= 15 is 0 Å². The van der Waals surface area contributed by atoms with Crippen LogP contribution in [0.5, 0.6) is 0 Å². The summed E-state index contributed by atoms with van der Waals surface area (Å²) < 4.78 is 11.5. The van der Waals surface area contributed by atoms with Crippen LogP contribution in [-0.2, 0) is 20.7 Å². The fraction of sp³-hybridized carbons (Fsp3) is 0.261. The first-order chi connectivity index (χ1) is 15.8. The third-order valence-electron chi connectivity index (χ3n) is 4.52. The van der Waals surface area contributed by atoms with E-state index in [0.717, 1.165) is 4.88 Å². The summed E-state index contributed by atoms with van der Waals surface area (Å²) in [5, 5.41) is 7.00. The highest BCUT2D eigenvalue weighted by molar-refractivity contribution is 7.16. The normalized spacial score (nSPS) is 10.5. The molecule has 0 aliphatic carbocycles. The van der Waals surface area contributed by atoms with E-state index in [4.69, 9.17) is 9.47 Å². The van der Waals surface area contributed by atoms with Crippen molar-refractivity contribution < 1.29 is 23.9 Å². The summed E-state index contributed by atoms with van der Waals surface area (Å²) in [4.78, 5) is 50.2. The van der Waals surface area contributed by atoms with E-state index in [0.29, 0.717) is 22.8 Å². The number of rotatable bonds is 8. The molecule has 0 aliphatic heterocycles. The molecule has 1 aromatic carbocycles. The second kappa shape index (κ2) is 10.7. The Labute approximate surface area is 194 Å². The Bertz CT molecular complexity index is 1230. The predicted octanol–water partition coefficient (Wildman–Crippen LogP) is 3.14. The number of amides is 1. The number of carbonyl (C=O) groups excluding carboxylic acids is 3. The van der Waals surface area contributed by atoms with Crippen LogP contribution in [0.1, 0.15) is 45.3 Å². The molecule has 0 radical (unpaired) electrons. The lowest BCUT2D eigenvalue weighted by Crippen LogP contribution is -2.27. The smallest absolute Gasteiger partial charge is 0.363 e. The van der Waals surface area contributed by atoms with E-state index < -0.39 is 35.6 Å². The Kier molecular flexibility index (Phi) is 7.73. The highest BCUT2D eigenvalue weighted by atomic mass is 32.1. The molecule has 2 heterocycles. The molecule has 1 amide bonds. The summed E-state index contributed by atoms with van der Waals surface area (Å²) >= 11 is 1.24. The molecule has 2 aromatic heterocycles. The number of para-hydroxylation sites is 1. The van der Waals surface area contributed by atoms with Crippen LogP contribution < -0.4 is 10.7 Å². The molecule has 0 saturated heterocycles. The Morgan fingerprint density at radius 1 is 1.06 bits per heavy atom. The quantitative estimate of drug-likeness (QED) is 0.504. The zero-order valence-corrected chi connectivity index (χ0v) is 19.2. The molecule has 172 valence electrons. The molecule has 0 saturated carbocycles. The van der Waals surface area contributed by atoms with Crippen molar-refractivity contribution in [1.82, 2.24) is 9.78 Å². The van der Waals surface area contributed by atoms with Crippen LogP contribution in [0.3, 0.4) is 0 Å². The lowest BCUT2D eigenvalue weighted by molar-refractivity contribution is -0.119. The van der Waals surface area contributed by atoms with Crippen LogP contribution in [-0.4, -0.2) is 40.8 Å². The van der Waals surface area contributed by atoms with Gasteiger partial charge < -0.3 is 14.8 Å². The van der Waals surface area contributed by atoms with Crippen LogP contribution in [0.4, 0.5) is 5.00 Å². The van der Waals surface area contributed by atoms with E-state index in [-0.39, 0.29) is 12.2 Å². The van der Waals surface area contributed by atoms with Crippen LogP contribution in [0.2, 0.25) is 0 Å². The minimum atomic E-state index is -1.02. The standard InChI is InChI=1S/C23H23N3O6S/c1-4-16-12-17(22(29)31-5-2)21(33-16)24-19(28)13-32-23(30)20-18(27)11-14(3)26(25-20)15-9-7-6-8-10-15/h6-12H,4-5,13H2,1-3H3,(H,24,28). The molecule has 33 heavy (non-hydrogen) atoms. The van der Waals surface area contributed by atoms with Crippen molar-refractivity contribution in [1.29, 1.82) is 0 Å². The largest absolute Gasteiger partial charge is 0.462 e. The average molecular weight is 470 g/mol. The van der Waals surface area contributed by atoms with Crippen molar-refractivity contribution in [3.63, 3.8) is 0 Å². The summed E-state index contributed by atoms with van der Waals surface area (Å²) in [6.45, 7) is 4.85. The fourth-order valence-electron chi connectivity index (χ4n) is 2.95. The van der Waals surface area contributed by atoms with E-state index in [1.807, 2.05) is 13.0 Å². The predicted molar refractivity (Wildman–Crippen MR) is 123 cm³/mol. The van der Waals surface area contributed by atoms with Crippen LogP contribution in [0, 0.1) is 6.92 Å². The number of hydrogen-bond acceptors (Lipinski definition) is 8. The first-order valence-corrected chi connectivity index (χ1v) is 11.1. The highest BCUT2D eigenvalue weighted by Gasteiger charge is 2.21. The van der Waals surface area contributed by atoms with Crippen molar-refractivity contribution >= 4 is 34.2 Å². The zero-order valence-electron chi connectivity index (χ0n) is 18.4. The number of nitrogens with one attached hydrogen (secondary N) is 1. The van der Waals surface area contributed by atoms with Crippen molar-refractivity contribution in [2.75, 3.05) is 18.5 Å². The number of ether oxygens (including phenoxy) is 2. The second-order valence-electron chi connectivity index (χ2n) is 6.90. The second-order valence-corrected chi connectivity index (χ2v) is 8.04. The zero-order chi connectivity index (χ0) is 24.0. The number of carbonyl (C=O) groups is 3. The van der Waals surface area contributed by atoms with Crippen molar-refractivity contribution in [3.8, 4) is 5.69 Å². The number of anilines is 1. The Hall–Kier alpha value is -3.79. The number of esters is 2. The molecule has 0 unspecified atom stereocenters. The molecule has 3 rings (SSSR count). The van der Waals surface area contributed by atoms with Gasteiger partial charge in [0.25, 0.3) is 5.91 Å². The Balaban J connectivity index is 1.72. The highest BCUT2D eigenvalue weighted by Crippen LogP contribution is 2.29. The third kappa shape index (κ3) is 5.72. The van der Waals surface area contributed by atoms with E-state index in [1.54, 1.807) is 44.2 Å². The van der Waals surface area contributed by atoms with E-state index in [9.17, 15) is 19.2 Å². The fourth-order valence-corrected chi connectivity index (χ4v) is 3.95. The van der Waals surface area contributed by atoms with Gasteiger partial charge in [-0.1, -0.05) is 25.1 Å². The number of hydrogen-bond donors (Lipinski definition) is 1. The molecule has 0 spiro atoms. The first-order valence-electron chi connectivity index (χ1n) is 10.3. The molecular formula is C23H23N3O6S. The molecule has 0 atom stereocenters. The number of nitrogens with zero attached hydrogens (tertiary/aromatic N) is 2. The van der Waals surface area contributed by atoms with Gasteiger partial charge in [-0.25, -0.2) is 14.3 Å². The molecule has 3 aromatic rings. The summed E-state index contributed by atoms with van der Waals surface area (Å²) in [5.74, 6) is -2.23. The molecule has 9 nitrogen and oxygen atoms in total. The van der Waals surface area contributed by atoms with Gasteiger partial charge in [-0.05, 0) is 38.5 Å². The van der Waals surface area contributed by atoms with Crippen LogP contribution >= 0.6 is 11.3 Å². The first kappa shape index (κ1) is 23.9.